The topological polar surface area (TPSA) is 41.8 Å². The highest BCUT2D eigenvalue weighted by atomic mass is 127. The summed E-state index contributed by atoms with van der Waals surface area (Å²) in [5.41, 5.74) is 0. The maximum Gasteiger partial charge on any atom is 0.265 e. The monoisotopic (exact) mass is 236 g/mol. The van der Waals surface area contributed by atoms with E-state index in [4.69, 9.17) is 0 Å². The van der Waals surface area contributed by atoms with Crippen LogP contribution in [0.25, 0.3) is 0 Å². The molecule has 1 aliphatic rings. The van der Waals surface area contributed by atoms with Gasteiger partial charge in [-0.05, 0) is 6.92 Å². The summed E-state index contributed by atoms with van der Waals surface area (Å²) < 4.78 is -0.161. The maximum atomic E-state index is 10.7. The molecular formula is C5H5IN2O. The number of rotatable bonds is 0. The second kappa shape index (κ2) is 2.55. The lowest BCUT2D eigenvalue weighted by atomic mass is 10.4. The van der Waals surface area contributed by atoms with Gasteiger partial charge in [0.1, 0.15) is 9.76 Å². The van der Waals surface area contributed by atoms with Crippen molar-refractivity contribution in [3.63, 3.8) is 0 Å². The van der Waals surface area contributed by atoms with E-state index in [2.05, 4.69) is 9.98 Å². The molecule has 0 aromatic rings. The number of hydrogen-bond acceptors (Lipinski definition) is 2. The molecule has 1 atom stereocenters. The Morgan fingerprint density at radius 1 is 1.78 bits per heavy atom. The van der Waals surface area contributed by atoms with E-state index in [9.17, 15) is 4.79 Å². The van der Waals surface area contributed by atoms with Crippen LogP contribution in [0.2, 0.25) is 0 Å². The number of hydrogen-bond donors (Lipinski definition) is 0. The zero-order valence-corrected chi connectivity index (χ0v) is 6.99. The van der Waals surface area contributed by atoms with Crippen molar-refractivity contribution in [1.29, 1.82) is 0 Å². The molecule has 0 saturated carbocycles. The Balaban J connectivity index is 2.82. The van der Waals surface area contributed by atoms with Gasteiger partial charge >= 0.3 is 0 Å². The second-order valence-corrected chi connectivity index (χ2v) is 3.02. The predicted octanol–water partition coefficient (Wildman–Crippen LogP) is 0.819. The normalized spacial score (nSPS) is 26.2. The van der Waals surface area contributed by atoms with Gasteiger partial charge in [-0.2, -0.15) is 4.99 Å². The van der Waals surface area contributed by atoms with Gasteiger partial charge in [-0.15, -0.1) is 0 Å². The van der Waals surface area contributed by atoms with Gasteiger partial charge in [-0.3, -0.25) is 4.79 Å². The van der Waals surface area contributed by atoms with E-state index in [-0.39, 0.29) is 9.83 Å². The molecule has 3 nitrogen and oxygen atoms in total. The molecule has 4 heteroatoms. The molecule has 0 aliphatic carbocycles. The third-order valence-corrected chi connectivity index (χ3v) is 1.75. The van der Waals surface area contributed by atoms with E-state index in [1.807, 2.05) is 22.6 Å². The summed E-state index contributed by atoms with van der Waals surface area (Å²) in [6, 6.07) is 0. The predicted molar refractivity (Wildman–Crippen MR) is 44.4 cm³/mol. The van der Waals surface area contributed by atoms with Crippen LogP contribution in [0, 0.1) is 0 Å². The summed E-state index contributed by atoms with van der Waals surface area (Å²) in [7, 11) is 0. The molecule has 9 heavy (non-hydrogen) atoms. The summed E-state index contributed by atoms with van der Waals surface area (Å²) in [4.78, 5) is 18.2. The van der Waals surface area contributed by atoms with Crippen molar-refractivity contribution in [2.45, 2.75) is 10.8 Å². The molecule has 0 aromatic heterocycles. The van der Waals surface area contributed by atoms with Gasteiger partial charge in [0.05, 0.1) is 0 Å². The highest BCUT2D eigenvalue weighted by molar-refractivity contribution is 14.1. The molecule has 1 aliphatic heterocycles. The maximum absolute atomic E-state index is 10.7. The summed E-state index contributed by atoms with van der Waals surface area (Å²) >= 11 is 1.99. The van der Waals surface area contributed by atoms with Crippen molar-refractivity contribution in [1.82, 2.24) is 0 Å². The zero-order chi connectivity index (χ0) is 6.85. The van der Waals surface area contributed by atoms with Crippen LogP contribution < -0.4 is 0 Å². The quantitative estimate of drug-likeness (QED) is 0.453. The Morgan fingerprint density at radius 2 is 2.44 bits per heavy atom. The number of alkyl halides is 1. The first-order valence-corrected chi connectivity index (χ1v) is 3.72. The highest BCUT2D eigenvalue weighted by Crippen LogP contribution is 2.04. The van der Waals surface area contributed by atoms with Crippen molar-refractivity contribution < 1.29 is 4.79 Å². The van der Waals surface area contributed by atoms with Crippen molar-refractivity contribution in [3.05, 3.63) is 0 Å². The number of carbonyl (C=O) groups excluding carboxylic acids is 1. The standard InChI is InChI=1S/C5H5IN2O/c1-3-7-2-4(6)5(9)8-3/h2,4H,1H3. The van der Waals surface area contributed by atoms with Crippen LogP contribution in [0.3, 0.4) is 0 Å². The van der Waals surface area contributed by atoms with E-state index in [1.165, 1.54) is 0 Å². The molecule has 1 amide bonds. The van der Waals surface area contributed by atoms with Crippen LogP contribution >= 0.6 is 22.6 Å². The van der Waals surface area contributed by atoms with Gasteiger partial charge in [0.25, 0.3) is 5.91 Å². The molecule has 1 rings (SSSR count). The molecule has 1 unspecified atom stereocenters. The number of amides is 1. The van der Waals surface area contributed by atoms with Crippen LogP contribution in [0.5, 0.6) is 0 Å². The van der Waals surface area contributed by atoms with Crippen LogP contribution in [0.15, 0.2) is 9.98 Å². The fourth-order valence-electron chi connectivity index (χ4n) is 0.487. The average molecular weight is 236 g/mol. The Labute approximate surface area is 66.4 Å². The Morgan fingerprint density at radius 3 is 2.89 bits per heavy atom. The molecule has 0 N–H and O–H groups in total. The minimum atomic E-state index is -0.161. The van der Waals surface area contributed by atoms with Gasteiger partial charge in [0, 0.05) is 6.21 Å². The fourth-order valence-corrected chi connectivity index (χ4v) is 0.787. The van der Waals surface area contributed by atoms with Crippen LogP contribution in [-0.4, -0.2) is 21.9 Å². The van der Waals surface area contributed by atoms with E-state index >= 15 is 0 Å². The van der Waals surface area contributed by atoms with Gasteiger partial charge in [-0.25, -0.2) is 4.99 Å². The minimum Gasteiger partial charge on any atom is -0.271 e. The summed E-state index contributed by atoms with van der Waals surface area (Å²) in [5, 5.41) is 0. The number of nitrogens with zero attached hydrogens (tertiary/aromatic N) is 2. The number of halogens is 1. The van der Waals surface area contributed by atoms with Gasteiger partial charge in [0.15, 0.2) is 0 Å². The molecule has 0 spiro atoms. The molecule has 0 radical (unpaired) electrons. The Bertz CT molecular complexity index is 197. The van der Waals surface area contributed by atoms with Crippen molar-refractivity contribution in [2.24, 2.45) is 9.98 Å². The number of aliphatic imine (C=N–C) groups is 2. The van der Waals surface area contributed by atoms with Crippen molar-refractivity contribution in [3.8, 4) is 0 Å². The fraction of sp³-hybridized carbons (Fsp3) is 0.400. The molecule has 0 aromatic carbocycles. The lowest BCUT2D eigenvalue weighted by molar-refractivity contribution is -0.116. The van der Waals surface area contributed by atoms with Crippen LogP contribution in [0.1, 0.15) is 6.92 Å². The van der Waals surface area contributed by atoms with Gasteiger partial charge in [-0.1, -0.05) is 22.6 Å². The van der Waals surface area contributed by atoms with Crippen molar-refractivity contribution >= 4 is 40.5 Å². The first kappa shape index (κ1) is 6.85. The zero-order valence-electron chi connectivity index (χ0n) is 4.84. The lowest BCUT2D eigenvalue weighted by Gasteiger charge is -2.02. The smallest absolute Gasteiger partial charge is 0.265 e. The SMILES string of the molecule is CC1=NC(=O)C(I)C=N1. The molecule has 1 heterocycles. The Hall–Kier alpha value is -0.260. The molecule has 0 fully saturated rings. The number of amidine groups is 1. The van der Waals surface area contributed by atoms with Gasteiger partial charge < -0.3 is 0 Å². The van der Waals surface area contributed by atoms with Gasteiger partial charge in [0.2, 0.25) is 0 Å². The number of carbonyl (C=O) groups is 1. The Kier molecular flexibility index (Phi) is 1.94. The van der Waals surface area contributed by atoms with E-state index in [1.54, 1.807) is 13.1 Å². The second-order valence-electron chi connectivity index (χ2n) is 1.68. The van der Waals surface area contributed by atoms with E-state index in [0.717, 1.165) is 0 Å². The first-order chi connectivity index (χ1) is 4.20. The molecule has 0 bridgehead atoms. The first-order valence-electron chi connectivity index (χ1n) is 2.47. The van der Waals surface area contributed by atoms with Crippen LogP contribution in [-0.2, 0) is 4.79 Å². The van der Waals surface area contributed by atoms with Crippen LogP contribution in [0.4, 0.5) is 0 Å². The highest BCUT2D eigenvalue weighted by Gasteiger charge is 2.14. The largest absolute Gasteiger partial charge is 0.271 e. The lowest BCUT2D eigenvalue weighted by Crippen LogP contribution is -2.18. The third kappa shape index (κ3) is 1.57. The average Bonchev–Trinajstić information content (AvgIpc) is 1.80. The molecule has 48 valence electrons. The third-order valence-electron chi connectivity index (χ3n) is 0.900. The molecule has 0 saturated heterocycles. The van der Waals surface area contributed by atoms with E-state index in [0.29, 0.717) is 5.84 Å². The summed E-state index contributed by atoms with van der Waals surface area (Å²) in [5.74, 6) is 0.441. The van der Waals surface area contributed by atoms with Crippen molar-refractivity contribution in [2.75, 3.05) is 0 Å². The summed E-state index contributed by atoms with van der Waals surface area (Å²) in [6.07, 6.45) is 1.60. The van der Waals surface area contributed by atoms with E-state index < -0.39 is 0 Å². The summed E-state index contributed by atoms with van der Waals surface area (Å²) in [6.45, 7) is 1.71. The minimum absolute atomic E-state index is 0.108. The molecular weight excluding hydrogens is 231 g/mol.